The van der Waals surface area contributed by atoms with E-state index in [1.165, 1.54) is 11.1 Å². The van der Waals surface area contributed by atoms with Crippen molar-refractivity contribution in [1.29, 1.82) is 0 Å². The number of anilines is 1. The fourth-order valence-electron chi connectivity index (χ4n) is 2.87. The van der Waals surface area contributed by atoms with Crippen molar-refractivity contribution in [2.75, 3.05) is 5.32 Å². The van der Waals surface area contributed by atoms with E-state index in [0.29, 0.717) is 0 Å². The lowest BCUT2D eigenvalue weighted by Crippen LogP contribution is -2.37. The van der Waals surface area contributed by atoms with Gasteiger partial charge in [-0.05, 0) is 44.5 Å². The lowest BCUT2D eigenvalue weighted by Gasteiger charge is -2.38. The number of para-hydroxylation sites is 1. The van der Waals surface area contributed by atoms with Gasteiger partial charge in [0.2, 0.25) is 0 Å². The van der Waals surface area contributed by atoms with Gasteiger partial charge in [-0.2, -0.15) is 0 Å². The summed E-state index contributed by atoms with van der Waals surface area (Å²) in [6, 6.07) is 14.4. The Balaban J connectivity index is 1.96. The van der Waals surface area contributed by atoms with Crippen LogP contribution in [0.4, 0.5) is 5.69 Å². The molecule has 3 rings (SSSR count). The summed E-state index contributed by atoms with van der Waals surface area (Å²) in [4.78, 5) is 0. The number of hydrogen-bond acceptors (Lipinski definition) is 2. The number of aryl methyl sites for hydroxylation is 1. The van der Waals surface area contributed by atoms with Crippen LogP contribution in [-0.2, 0) is 0 Å². The minimum Gasteiger partial charge on any atom is -0.487 e. The van der Waals surface area contributed by atoms with Crippen LogP contribution in [0, 0.1) is 6.92 Å². The minimum atomic E-state index is -0.182. The Bertz CT molecular complexity index is 666. The predicted octanol–water partition coefficient (Wildman–Crippen LogP) is 5.36. The molecule has 0 saturated carbocycles. The van der Waals surface area contributed by atoms with Crippen LogP contribution in [-0.4, -0.2) is 5.60 Å². The molecule has 3 heteroatoms. The van der Waals surface area contributed by atoms with E-state index in [9.17, 15) is 0 Å². The fraction of sp³-hybridized carbons (Fsp3) is 0.333. The SMILES string of the molecule is Cc1ccc(Cl)cc1NC1CC(C)(C)Oc2ccccc21. The molecule has 2 aromatic rings. The van der Waals surface area contributed by atoms with Gasteiger partial charge in [0, 0.05) is 22.7 Å². The Morgan fingerprint density at radius 2 is 1.95 bits per heavy atom. The molecule has 2 aromatic carbocycles. The molecule has 1 aliphatic heterocycles. The van der Waals surface area contributed by atoms with E-state index in [1.54, 1.807) is 0 Å². The standard InChI is InChI=1S/C18H20ClNO/c1-12-8-9-13(19)10-15(12)20-16-11-18(2,3)21-17-7-5-4-6-14(16)17/h4-10,16,20H,11H2,1-3H3. The molecule has 0 radical (unpaired) electrons. The molecule has 110 valence electrons. The zero-order chi connectivity index (χ0) is 15.0. The zero-order valence-corrected chi connectivity index (χ0v) is 13.4. The van der Waals surface area contributed by atoms with E-state index in [0.717, 1.165) is 22.9 Å². The number of rotatable bonds is 2. The Hall–Kier alpha value is -1.67. The molecule has 0 aliphatic carbocycles. The highest BCUT2D eigenvalue weighted by Gasteiger charge is 2.33. The number of halogens is 1. The molecule has 1 heterocycles. The van der Waals surface area contributed by atoms with Crippen LogP contribution >= 0.6 is 11.6 Å². The molecule has 2 nitrogen and oxygen atoms in total. The third-order valence-electron chi connectivity index (χ3n) is 3.91. The lowest BCUT2D eigenvalue weighted by molar-refractivity contribution is 0.0759. The third-order valence-corrected chi connectivity index (χ3v) is 4.14. The second-order valence-corrected chi connectivity index (χ2v) is 6.70. The van der Waals surface area contributed by atoms with Crippen molar-refractivity contribution in [3.63, 3.8) is 0 Å². The largest absolute Gasteiger partial charge is 0.487 e. The summed E-state index contributed by atoms with van der Waals surface area (Å²) in [7, 11) is 0. The van der Waals surface area contributed by atoms with Crippen LogP contribution in [0.25, 0.3) is 0 Å². The van der Waals surface area contributed by atoms with E-state index in [1.807, 2.05) is 30.3 Å². The summed E-state index contributed by atoms with van der Waals surface area (Å²) in [6.45, 7) is 6.35. The Morgan fingerprint density at radius 3 is 2.76 bits per heavy atom. The highest BCUT2D eigenvalue weighted by atomic mass is 35.5. The van der Waals surface area contributed by atoms with Crippen molar-refractivity contribution >= 4 is 17.3 Å². The Labute approximate surface area is 131 Å². The molecule has 0 saturated heterocycles. The first-order valence-electron chi connectivity index (χ1n) is 7.25. The maximum atomic E-state index is 6.13. The van der Waals surface area contributed by atoms with Gasteiger partial charge in [-0.25, -0.2) is 0 Å². The maximum absolute atomic E-state index is 6.13. The average molecular weight is 302 g/mol. The van der Waals surface area contributed by atoms with Gasteiger partial charge in [-0.15, -0.1) is 0 Å². The number of ether oxygens (including phenoxy) is 1. The molecule has 0 amide bonds. The summed E-state index contributed by atoms with van der Waals surface area (Å²) in [5.41, 5.74) is 3.30. The van der Waals surface area contributed by atoms with E-state index < -0.39 is 0 Å². The highest BCUT2D eigenvalue weighted by Crippen LogP contribution is 2.41. The van der Waals surface area contributed by atoms with Crippen molar-refractivity contribution in [2.24, 2.45) is 0 Å². The van der Waals surface area contributed by atoms with Crippen LogP contribution in [0.5, 0.6) is 5.75 Å². The molecule has 0 bridgehead atoms. The van der Waals surface area contributed by atoms with Crippen molar-refractivity contribution in [1.82, 2.24) is 0 Å². The Kier molecular flexibility index (Phi) is 3.58. The predicted molar refractivity (Wildman–Crippen MR) is 88.3 cm³/mol. The van der Waals surface area contributed by atoms with E-state index >= 15 is 0 Å². The normalized spacial score (nSPS) is 19.5. The van der Waals surface area contributed by atoms with Gasteiger partial charge in [-0.1, -0.05) is 35.9 Å². The van der Waals surface area contributed by atoms with Crippen LogP contribution in [0.1, 0.15) is 37.4 Å². The molecule has 0 fully saturated rings. The van der Waals surface area contributed by atoms with E-state index in [2.05, 4.69) is 38.2 Å². The smallest absolute Gasteiger partial charge is 0.125 e. The van der Waals surface area contributed by atoms with Gasteiger partial charge in [0.1, 0.15) is 11.4 Å². The molecule has 1 atom stereocenters. The molecular formula is C18H20ClNO. The molecule has 21 heavy (non-hydrogen) atoms. The fourth-order valence-corrected chi connectivity index (χ4v) is 3.04. The summed E-state index contributed by atoms with van der Waals surface area (Å²) >= 11 is 6.13. The highest BCUT2D eigenvalue weighted by molar-refractivity contribution is 6.30. The summed E-state index contributed by atoms with van der Waals surface area (Å²) in [6.07, 6.45) is 0.913. The molecule has 1 unspecified atom stereocenters. The summed E-state index contributed by atoms with van der Waals surface area (Å²) in [5.74, 6) is 0.964. The first-order valence-corrected chi connectivity index (χ1v) is 7.63. The number of benzene rings is 2. The molecule has 1 aliphatic rings. The third kappa shape index (κ3) is 3.01. The number of nitrogens with one attached hydrogen (secondary N) is 1. The second kappa shape index (κ2) is 5.27. The lowest BCUT2D eigenvalue weighted by atomic mass is 9.89. The van der Waals surface area contributed by atoms with Crippen molar-refractivity contribution in [2.45, 2.75) is 38.8 Å². The second-order valence-electron chi connectivity index (χ2n) is 6.26. The van der Waals surface area contributed by atoms with E-state index in [4.69, 9.17) is 16.3 Å². The average Bonchev–Trinajstić information content (AvgIpc) is 2.41. The molecule has 0 aromatic heterocycles. The first kappa shape index (κ1) is 14.3. The maximum Gasteiger partial charge on any atom is 0.125 e. The molecular weight excluding hydrogens is 282 g/mol. The van der Waals surface area contributed by atoms with Crippen molar-refractivity contribution in [3.8, 4) is 5.75 Å². The van der Waals surface area contributed by atoms with E-state index in [-0.39, 0.29) is 11.6 Å². The van der Waals surface area contributed by atoms with Crippen LogP contribution in [0.3, 0.4) is 0 Å². The number of hydrogen-bond donors (Lipinski definition) is 1. The number of fused-ring (bicyclic) bond motifs is 1. The molecule has 0 spiro atoms. The van der Waals surface area contributed by atoms with Gasteiger partial charge < -0.3 is 10.1 Å². The van der Waals surface area contributed by atoms with Crippen molar-refractivity contribution in [3.05, 3.63) is 58.6 Å². The Morgan fingerprint density at radius 1 is 1.19 bits per heavy atom. The topological polar surface area (TPSA) is 21.3 Å². The van der Waals surface area contributed by atoms with Crippen LogP contribution in [0.15, 0.2) is 42.5 Å². The van der Waals surface area contributed by atoms with Crippen LogP contribution in [0.2, 0.25) is 5.02 Å². The quantitative estimate of drug-likeness (QED) is 0.806. The van der Waals surface area contributed by atoms with Crippen molar-refractivity contribution < 1.29 is 4.74 Å². The minimum absolute atomic E-state index is 0.182. The van der Waals surface area contributed by atoms with Gasteiger partial charge in [0.25, 0.3) is 0 Å². The summed E-state index contributed by atoms with van der Waals surface area (Å²) in [5, 5.41) is 4.39. The van der Waals surface area contributed by atoms with Gasteiger partial charge >= 0.3 is 0 Å². The summed E-state index contributed by atoms with van der Waals surface area (Å²) < 4.78 is 6.08. The van der Waals surface area contributed by atoms with Gasteiger partial charge in [0.15, 0.2) is 0 Å². The molecule has 1 N–H and O–H groups in total. The monoisotopic (exact) mass is 301 g/mol. The van der Waals surface area contributed by atoms with Crippen LogP contribution < -0.4 is 10.1 Å². The van der Waals surface area contributed by atoms with Gasteiger partial charge in [-0.3, -0.25) is 0 Å². The zero-order valence-electron chi connectivity index (χ0n) is 12.6. The van der Waals surface area contributed by atoms with Gasteiger partial charge in [0.05, 0.1) is 6.04 Å². The first-order chi connectivity index (χ1) is 9.94.